The summed E-state index contributed by atoms with van der Waals surface area (Å²) in [5.41, 5.74) is 6.48. The maximum Gasteiger partial charge on any atom is 0.192 e. The molecule has 2 fully saturated rings. The Bertz CT molecular complexity index is 286. The van der Waals surface area contributed by atoms with Gasteiger partial charge in [0, 0.05) is 6.04 Å². The average Bonchev–Trinajstić information content (AvgIpc) is 2.45. The lowest BCUT2D eigenvalue weighted by atomic mass is 9.75. The standard InChI is InChI=1S/C13H23N3/c14-12-15-10-13(8-5-9-13)16(12)11-6-3-1-2-4-7-11/h11H,1-10H2,(H2,14,15). The second kappa shape index (κ2) is 3.94. The largest absolute Gasteiger partial charge is 0.370 e. The van der Waals surface area contributed by atoms with E-state index in [9.17, 15) is 0 Å². The van der Waals surface area contributed by atoms with Gasteiger partial charge in [-0.3, -0.25) is 4.99 Å². The Morgan fingerprint density at radius 1 is 1.06 bits per heavy atom. The van der Waals surface area contributed by atoms with E-state index >= 15 is 0 Å². The van der Waals surface area contributed by atoms with Gasteiger partial charge in [-0.1, -0.05) is 25.7 Å². The third-order valence-corrected chi connectivity index (χ3v) is 4.77. The molecule has 0 aromatic rings. The summed E-state index contributed by atoms with van der Waals surface area (Å²) in [6, 6.07) is 0.689. The number of rotatable bonds is 1. The summed E-state index contributed by atoms with van der Waals surface area (Å²) in [6.07, 6.45) is 12.2. The molecule has 1 spiro atoms. The minimum atomic E-state index is 0.360. The van der Waals surface area contributed by atoms with Gasteiger partial charge in [0.15, 0.2) is 5.96 Å². The predicted octanol–water partition coefficient (Wildman–Crippen LogP) is 2.26. The van der Waals surface area contributed by atoms with Gasteiger partial charge in [0.1, 0.15) is 0 Å². The van der Waals surface area contributed by atoms with Crippen molar-refractivity contribution in [1.82, 2.24) is 4.90 Å². The molecule has 0 atom stereocenters. The Labute approximate surface area is 98.1 Å². The Morgan fingerprint density at radius 3 is 2.31 bits per heavy atom. The molecule has 3 rings (SSSR count). The molecule has 1 aliphatic heterocycles. The van der Waals surface area contributed by atoms with Crippen LogP contribution >= 0.6 is 0 Å². The lowest BCUT2D eigenvalue weighted by Gasteiger charge is -2.49. The van der Waals surface area contributed by atoms with E-state index in [1.165, 1.54) is 57.8 Å². The van der Waals surface area contributed by atoms with Gasteiger partial charge < -0.3 is 10.6 Å². The van der Waals surface area contributed by atoms with Gasteiger partial charge in [-0.05, 0) is 32.1 Å². The van der Waals surface area contributed by atoms with E-state index in [1.54, 1.807) is 0 Å². The molecule has 1 heterocycles. The van der Waals surface area contributed by atoms with E-state index in [2.05, 4.69) is 9.89 Å². The zero-order chi connectivity index (χ0) is 11.0. The fourth-order valence-corrected chi connectivity index (χ4v) is 3.70. The van der Waals surface area contributed by atoms with Gasteiger partial charge in [0.25, 0.3) is 0 Å². The zero-order valence-corrected chi connectivity index (χ0v) is 10.1. The molecule has 3 nitrogen and oxygen atoms in total. The van der Waals surface area contributed by atoms with Crippen molar-refractivity contribution >= 4 is 5.96 Å². The Balaban J connectivity index is 1.77. The van der Waals surface area contributed by atoms with Crippen LogP contribution in [0.15, 0.2) is 4.99 Å². The Kier molecular flexibility index (Phi) is 2.56. The number of nitrogens with zero attached hydrogens (tertiary/aromatic N) is 2. The number of aliphatic imine (C=N–C) groups is 1. The van der Waals surface area contributed by atoms with Crippen molar-refractivity contribution in [3.63, 3.8) is 0 Å². The van der Waals surface area contributed by atoms with Crippen LogP contribution in [0.3, 0.4) is 0 Å². The fourth-order valence-electron chi connectivity index (χ4n) is 3.70. The lowest BCUT2D eigenvalue weighted by molar-refractivity contribution is 0.0608. The van der Waals surface area contributed by atoms with Crippen molar-refractivity contribution in [2.75, 3.05) is 6.54 Å². The van der Waals surface area contributed by atoms with E-state index < -0.39 is 0 Å². The van der Waals surface area contributed by atoms with Crippen LogP contribution in [-0.4, -0.2) is 29.0 Å². The molecule has 2 saturated carbocycles. The van der Waals surface area contributed by atoms with Gasteiger partial charge in [0.05, 0.1) is 12.1 Å². The smallest absolute Gasteiger partial charge is 0.192 e. The van der Waals surface area contributed by atoms with Crippen molar-refractivity contribution < 1.29 is 0 Å². The van der Waals surface area contributed by atoms with Crippen LogP contribution in [0.5, 0.6) is 0 Å². The van der Waals surface area contributed by atoms with Crippen LogP contribution in [0.1, 0.15) is 57.8 Å². The highest BCUT2D eigenvalue weighted by Crippen LogP contribution is 2.43. The molecule has 0 radical (unpaired) electrons. The summed E-state index contributed by atoms with van der Waals surface area (Å²) in [7, 11) is 0. The minimum absolute atomic E-state index is 0.360. The number of nitrogens with two attached hydrogens (primary N) is 1. The lowest BCUT2D eigenvalue weighted by Crippen LogP contribution is -2.59. The monoisotopic (exact) mass is 221 g/mol. The molecule has 0 aromatic carbocycles. The van der Waals surface area contributed by atoms with Gasteiger partial charge in [-0.2, -0.15) is 0 Å². The summed E-state index contributed by atoms with van der Waals surface area (Å²) >= 11 is 0. The average molecular weight is 221 g/mol. The van der Waals surface area contributed by atoms with E-state index in [0.29, 0.717) is 11.6 Å². The number of guanidine groups is 1. The molecule has 2 N–H and O–H groups in total. The molecule has 2 aliphatic carbocycles. The quantitative estimate of drug-likeness (QED) is 0.690. The van der Waals surface area contributed by atoms with Crippen molar-refractivity contribution in [2.45, 2.75) is 69.4 Å². The highest BCUT2D eigenvalue weighted by Gasteiger charge is 2.49. The first-order valence-corrected chi connectivity index (χ1v) is 6.91. The first kappa shape index (κ1) is 10.4. The summed E-state index contributed by atoms with van der Waals surface area (Å²) in [6.45, 7) is 0.968. The van der Waals surface area contributed by atoms with Crippen LogP contribution in [0, 0.1) is 0 Å². The van der Waals surface area contributed by atoms with Crippen LogP contribution in [0.4, 0.5) is 0 Å². The van der Waals surface area contributed by atoms with E-state index in [0.717, 1.165) is 12.5 Å². The highest BCUT2D eigenvalue weighted by atomic mass is 15.4. The van der Waals surface area contributed by atoms with E-state index in [4.69, 9.17) is 5.73 Å². The normalized spacial score (nSPS) is 30.0. The van der Waals surface area contributed by atoms with E-state index in [-0.39, 0.29) is 0 Å². The second-order valence-electron chi connectivity index (χ2n) is 5.77. The van der Waals surface area contributed by atoms with Crippen molar-refractivity contribution in [1.29, 1.82) is 0 Å². The van der Waals surface area contributed by atoms with Crippen LogP contribution in [0.25, 0.3) is 0 Å². The van der Waals surface area contributed by atoms with Gasteiger partial charge in [-0.25, -0.2) is 0 Å². The van der Waals surface area contributed by atoms with Crippen LogP contribution in [0.2, 0.25) is 0 Å². The molecule has 16 heavy (non-hydrogen) atoms. The molecular weight excluding hydrogens is 198 g/mol. The van der Waals surface area contributed by atoms with Crippen LogP contribution in [-0.2, 0) is 0 Å². The third kappa shape index (κ3) is 1.52. The second-order valence-corrected chi connectivity index (χ2v) is 5.77. The number of hydrogen-bond donors (Lipinski definition) is 1. The summed E-state index contributed by atoms with van der Waals surface area (Å²) in [5.74, 6) is 0.839. The summed E-state index contributed by atoms with van der Waals surface area (Å²) < 4.78 is 0. The Morgan fingerprint density at radius 2 is 1.75 bits per heavy atom. The van der Waals surface area contributed by atoms with Crippen molar-refractivity contribution in [3.8, 4) is 0 Å². The summed E-state index contributed by atoms with van der Waals surface area (Å²) in [5, 5.41) is 0. The van der Waals surface area contributed by atoms with Gasteiger partial charge >= 0.3 is 0 Å². The molecular formula is C13H23N3. The first-order valence-electron chi connectivity index (χ1n) is 6.91. The number of hydrogen-bond acceptors (Lipinski definition) is 3. The minimum Gasteiger partial charge on any atom is -0.370 e. The molecule has 3 aliphatic rings. The SMILES string of the molecule is NC1=NCC2(CCC2)N1C1CCCCCC1. The molecule has 0 unspecified atom stereocenters. The third-order valence-electron chi connectivity index (χ3n) is 4.77. The maximum atomic E-state index is 6.12. The molecule has 3 heteroatoms. The van der Waals surface area contributed by atoms with Gasteiger partial charge in [-0.15, -0.1) is 0 Å². The molecule has 0 saturated heterocycles. The fraction of sp³-hybridized carbons (Fsp3) is 0.923. The maximum absolute atomic E-state index is 6.12. The molecule has 0 amide bonds. The van der Waals surface area contributed by atoms with Crippen molar-refractivity contribution in [2.24, 2.45) is 10.7 Å². The topological polar surface area (TPSA) is 41.6 Å². The van der Waals surface area contributed by atoms with Crippen LogP contribution < -0.4 is 5.73 Å². The molecule has 90 valence electrons. The van der Waals surface area contributed by atoms with Gasteiger partial charge in [0.2, 0.25) is 0 Å². The molecule has 0 aromatic heterocycles. The summed E-state index contributed by atoms with van der Waals surface area (Å²) in [4.78, 5) is 7.03. The zero-order valence-electron chi connectivity index (χ0n) is 10.1. The van der Waals surface area contributed by atoms with E-state index in [1.807, 2.05) is 0 Å². The molecule has 0 bridgehead atoms. The van der Waals surface area contributed by atoms with Crippen molar-refractivity contribution in [3.05, 3.63) is 0 Å². The predicted molar refractivity (Wildman–Crippen MR) is 66.4 cm³/mol. The highest BCUT2D eigenvalue weighted by molar-refractivity contribution is 5.81. The Hall–Kier alpha value is -0.730. The first-order chi connectivity index (χ1) is 7.82.